The van der Waals surface area contributed by atoms with Gasteiger partial charge < -0.3 is 10.5 Å². The van der Waals surface area contributed by atoms with Crippen LogP contribution in [0.3, 0.4) is 0 Å². The lowest BCUT2D eigenvalue weighted by atomic mass is 9.93. The van der Waals surface area contributed by atoms with Gasteiger partial charge in [-0.3, -0.25) is 4.98 Å². The number of ether oxygens (including phenoxy) is 1. The van der Waals surface area contributed by atoms with E-state index in [1.807, 2.05) is 32.9 Å². The van der Waals surface area contributed by atoms with E-state index in [4.69, 9.17) is 10.5 Å². The van der Waals surface area contributed by atoms with Gasteiger partial charge in [0.05, 0.1) is 11.6 Å². The maximum Gasteiger partial charge on any atom is 0.0818 e. The molecule has 0 saturated carbocycles. The number of aromatic nitrogens is 1. The van der Waals surface area contributed by atoms with E-state index in [-0.39, 0.29) is 11.6 Å². The minimum Gasteiger partial charge on any atom is -0.374 e. The molecule has 0 aliphatic rings. The zero-order valence-corrected chi connectivity index (χ0v) is 9.03. The van der Waals surface area contributed by atoms with Crippen molar-refractivity contribution in [2.75, 3.05) is 6.61 Å². The molecule has 78 valence electrons. The van der Waals surface area contributed by atoms with Crippen molar-refractivity contribution in [3.05, 3.63) is 30.1 Å². The van der Waals surface area contributed by atoms with Crippen molar-refractivity contribution < 1.29 is 4.74 Å². The first kappa shape index (κ1) is 11.1. The van der Waals surface area contributed by atoms with Gasteiger partial charge in [-0.25, -0.2) is 0 Å². The topological polar surface area (TPSA) is 48.1 Å². The first-order chi connectivity index (χ1) is 6.58. The number of nitrogens with zero attached hydrogens (tertiary/aromatic N) is 1. The smallest absolute Gasteiger partial charge is 0.0818 e. The average molecular weight is 194 g/mol. The summed E-state index contributed by atoms with van der Waals surface area (Å²) >= 11 is 0. The van der Waals surface area contributed by atoms with Crippen LogP contribution in [0.5, 0.6) is 0 Å². The highest BCUT2D eigenvalue weighted by Gasteiger charge is 2.27. The SMILES string of the molecule is CCOC(C)(C)C(N)c1cccnc1. The lowest BCUT2D eigenvalue weighted by molar-refractivity contribution is -0.0298. The Hall–Kier alpha value is -0.930. The van der Waals surface area contributed by atoms with Crippen LogP contribution in [-0.4, -0.2) is 17.2 Å². The Balaban J connectivity index is 2.79. The van der Waals surface area contributed by atoms with E-state index in [1.54, 1.807) is 12.4 Å². The summed E-state index contributed by atoms with van der Waals surface area (Å²) in [5, 5.41) is 0. The zero-order valence-electron chi connectivity index (χ0n) is 9.03. The third-order valence-corrected chi connectivity index (χ3v) is 2.31. The van der Waals surface area contributed by atoms with Gasteiger partial charge in [-0.1, -0.05) is 6.07 Å². The summed E-state index contributed by atoms with van der Waals surface area (Å²) in [7, 11) is 0. The molecular weight excluding hydrogens is 176 g/mol. The number of rotatable bonds is 4. The van der Waals surface area contributed by atoms with Gasteiger partial charge >= 0.3 is 0 Å². The summed E-state index contributed by atoms with van der Waals surface area (Å²) < 4.78 is 5.59. The van der Waals surface area contributed by atoms with Crippen LogP contribution in [0.15, 0.2) is 24.5 Å². The van der Waals surface area contributed by atoms with E-state index in [0.29, 0.717) is 6.61 Å². The molecule has 14 heavy (non-hydrogen) atoms. The Labute approximate surface area is 85.3 Å². The molecule has 2 N–H and O–H groups in total. The fourth-order valence-corrected chi connectivity index (χ4v) is 1.42. The van der Waals surface area contributed by atoms with Crippen molar-refractivity contribution in [2.24, 2.45) is 5.73 Å². The van der Waals surface area contributed by atoms with Gasteiger partial charge in [-0.2, -0.15) is 0 Å². The van der Waals surface area contributed by atoms with Gasteiger partial charge in [0.25, 0.3) is 0 Å². The summed E-state index contributed by atoms with van der Waals surface area (Å²) in [4.78, 5) is 4.04. The summed E-state index contributed by atoms with van der Waals surface area (Å²) in [5.74, 6) is 0. The molecule has 1 aromatic rings. The van der Waals surface area contributed by atoms with Gasteiger partial charge in [0, 0.05) is 19.0 Å². The molecular formula is C11H18N2O. The van der Waals surface area contributed by atoms with Crippen molar-refractivity contribution in [2.45, 2.75) is 32.4 Å². The number of nitrogens with two attached hydrogens (primary N) is 1. The second kappa shape index (κ2) is 4.53. The van der Waals surface area contributed by atoms with E-state index < -0.39 is 0 Å². The average Bonchev–Trinajstić information content (AvgIpc) is 2.18. The van der Waals surface area contributed by atoms with Gasteiger partial charge in [-0.15, -0.1) is 0 Å². The van der Waals surface area contributed by atoms with Gasteiger partial charge in [0.2, 0.25) is 0 Å². The highest BCUT2D eigenvalue weighted by molar-refractivity contribution is 5.16. The third kappa shape index (κ3) is 2.53. The van der Waals surface area contributed by atoms with Gasteiger partial charge in [0.1, 0.15) is 0 Å². The molecule has 3 heteroatoms. The minimum atomic E-state index is -0.349. The number of pyridine rings is 1. The Morgan fingerprint density at radius 1 is 1.57 bits per heavy atom. The van der Waals surface area contributed by atoms with E-state index in [1.165, 1.54) is 0 Å². The van der Waals surface area contributed by atoms with E-state index in [2.05, 4.69) is 4.98 Å². The van der Waals surface area contributed by atoms with Gasteiger partial charge in [0.15, 0.2) is 0 Å². The van der Waals surface area contributed by atoms with Gasteiger partial charge in [-0.05, 0) is 32.4 Å². The van der Waals surface area contributed by atoms with Crippen LogP contribution in [0.1, 0.15) is 32.4 Å². The van der Waals surface area contributed by atoms with Crippen molar-refractivity contribution >= 4 is 0 Å². The fourth-order valence-electron chi connectivity index (χ4n) is 1.42. The monoisotopic (exact) mass is 194 g/mol. The zero-order chi connectivity index (χ0) is 10.6. The molecule has 0 bridgehead atoms. The number of hydrogen-bond acceptors (Lipinski definition) is 3. The molecule has 1 unspecified atom stereocenters. The molecule has 1 rings (SSSR count). The van der Waals surface area contributed by atoms with Crippen LogP contribution in [0.2, 0.25) is 0 Å². The first-order valence-electron chi connectivity index (χ1n) is 4.87. The van der Waals surface area contributed by atoms with Crippen molar-refractivity contribution in [3.63, 3.8) is 0 Å². The largest absolute Gasteiger partial charge is 0.374 e. The number of hydrogen-bond donors (Lipinski definition) is 1. The molecule has 0 aliphatic heterocycles. The van der Waals surface area contributed by atoms with Crippen LogP contribution in [0.25, 0.3) is 0 Å². The molecule has 1 atom stereocenters. The summed E-state index contributed by atoms with van der Waals surface area (Å²) in [6.07, 6.45) is 3.52. The lowest BCUT2D eigenvalue weighted by Crippen LogP contribution is -2.38. The Bertz CT molecular complexity index is 272. The lowest BCUT2D eigenvalue weighted by Gasteiger charge is -2.31. The fraction of sp³-hybridized carbons (Fsp3) is 0.545. The van der Waals surface area contributed by atoms with Crippen molar-refractivity contribution in [3.8, 4) is 0 Å². The normalized spacial score (nSPS) is 14.0. The highest BCUT2D eigenvalue weighted by atomic mass is 16.5. The molecule has 0 fully saturated rings. The highest BCUT2D eigenvalue weighted by Crippen LogP contribution is 2.25. The summed E-state index contributed by atoms with van der Waals surface area (Å²) in [6, 6.07) is 3.71. The van der Waals surface area contributed by atoms with Crippen molar-refractivity contribution in [1.29, 1.82) is 0 Å². The van der Waals surface area contributed by atoms with Crippen LogP contribution in [0, 0.1) is 0 Å². The molecule has 3 nitrogen and oxygen atoms in total. The Morgan fingerprint density at radius 2 is 2.29 bits per heavy atom. The molecule has 0 saturated heterocycles. The third-order valence-electron chi connectivity index (χ3n) is 2.31. The van der Waals surface area contributed by atoms with Crippen LogP contribution >= 0.6 is 0 Å². The quantitative estimate of drug-likeness (QED) is 0.796. The molecule has 0 aliphatic carbocycles. The molecule has 0 aromatic carbocycles. The molecule has 0 radical (unpaired) electrons. The standard InChI is InChI=1S/C11H18N2O/c1-4-14-11(2,3)10(12)9-6-5-7-13-8-9/h5-8,10H,4,12H2,1-3H3. The summed E-state index contributed by atoms with van der Waals surface area (Å²) in [6.45, 7) is 6.63. The van der Waals surface area contributed by atoms with E-state index in [9.17, 15) is 0 Å². The maximum atomic E-state index is 6.09. The molecule has 1 aromatic heterocycles. The summed E-state index contributed by atoms with van der Waals surface area (Å²) in [5.41, 5.74) is 6.75. The van der Waals surface area contributed by atoms with Crippen LogP contribution in [0.4, 0.5) is 0 Å². The Kier molecular flexibility index (Phi) is 3.61. The minimum absolute atomic E-state index is 0.142. The predicted octanol–water partition coefficient (Wildman–Crippen LogP) is 1.90. The molecule has 1 heterocycles. The first-order valence-corrected chi connectivity index (χ1v) is 4.87. The molecule has 0 spiro atoms. The Morgan fingerprint density at radius 3 is 2.79 bits per heavy atom. The molecule has 0 amide bonds. The van der Waals surface area contributed by atoms with E-state index >= 15 is 0 Å². The van der Waals surface area contributed by atoms with Crippen LogP contribution < -0.4 is 5.73 Å². The predicted molar refractivity (Wildman–Crippen MR) is 56.9 cm³/mol. The van der Waals surface area contributed by atoms with Crippen molar-refractivity contribution in [1.82, 2.24) is 4.98 Å². The van der Waals surface area contributed by atoms with Crippen LogP contribution in [-0.2, 0) is 4.74 Å². The second-order valence-corrected chi connectivity index (χ2v) is 3.80. The maximum absolute atomic E-state index is 6.09. The second-order valence-electron chi connectivity index (χ2n) is 3.80. The van der Waals surface area contributed by atoms with E-state index in [0.717, 1.165) is 5.56 Å².